The highest BCUT2D eigenvalue weighted by molar-refractivity contribution is 5.52. The SMILES string of the molecule is Cc1nc2c(c(N3CCC(COc4ccc5nnc(C(F)(F)F)n5n4)C3)n1)CCC2. The average molecular weight is 419 g/mol. The number of aromatic nitrogens is 6. The lowest BCUT2D eigenvalue weighted by molar-refractivity contribution is -0.146. The van der Waals surface area contributed by atoms with Gasteiger partial charge in [0, 0.05) is 36.3 Å². The molecule has 0 amide bonds. The Morgan fingerprint density at radius 1 is 1.17 bits per heavy atom. The zero-order valence-electron chi connectivity index (χ0n) is 16.4. The number of ether oxygens (including phenoxy) is 1. The molecule has 0 spiro atoms. The Hall–Kier alpha value is -2.98. The Morgan fingerprint density at radius 3 is 2.87 bits per heavy atom. The standard InChI is InChI=1S/C19H20F3N7O/c1-11-23-14-4-2-3-13(14)17(24-11)28-8-7-12(9-28)10-30-16-6-5-15-25-26-18(19(20,21)22)29(15)27-16/h5-6,12H,2-4,7-10H2,1H3. The topological polar surface area (TPSA) is 81.3 Å². The molecule has 0 radical (unpaired) electrons. The largest absolute Gasteiger partial charge is 0.476 e. The van der Waals surface area contributed by atoms with Gasteiger partial charge in [-0.15, -0.1) is 15.3 Å². The van der Waals surface area contributed by atoms with Crippen LogP contribution in [0.1, 0.15) is 35.7 Å². The minimum Gasteiger partial charge on any atom is -0.476 e. The zero-order valence-corrected chi connectivity index (χ0v) is 16.4. The van der Waals surface area contributed by atoms with Crippen LogP contribution in [0.3, 0.4) is 0 Å². The van der Waals surface area contributed by atoms with Crippen LogP contribution in [0.2, 0.25) is 0 Å². The second kappa shape index (κ2) is 7.06. The molecule has 0 aromatic carbocycles. The molecular weight excluding hydrogens is 399 g/mol. The summed E-state index contributed by atoms with van der Waals surface area (Å²) in [6.07, 6.45) is -0.596. The van der Waals surface area contributed by atoms with E-state index in [1.54, 1.807) is 0 Å². The van der Waals surface area contributed by atoms with Crippen LogP contribution in [0.25, 0.3) is 5.65 Å². The molecule has 3 aromatic heterocycles. The summed E-state index contributed by atoms with van der Waals surface area (Å²) in [6, 6.07) is 2.93. The molecule has 1 aliphatic heterocycles. The molecule has 0 bridgehead atoms. The van der Waals surface area contributed by atoms with Crippen molar-refractivity contribution >= 4 is 11.5 Å². The first-order chi connectivity index (χ1) is 14.4. The van der Waals surface area contributed by atoms with Crippen molar-refractivity contribution in [1.82, 2.24) is 29.8 Å². The van der Waals surface area contributed by atoms with Gasteiger partial charge in [-0.2, -0.15) is 17.7 Å². The molecule has 1 fully saturated rings. The Balaban J connectivity index is 1.27. The molecule has 158 valence electrons. The van der Waals surface area contributed by atoms with Gasteiger partial charge in [0.1, 0.15) is 11.6 Å². The third kappa shape index (κ3) is 3.41. The molecule has 8 nitrogen and oxygen atoms in total. The highest BCUT2D eigenvalue weighted by Crippen LogP contribution is 2.32. The normalized spacial score (nSPS) is 18.9. The number of alkyl halides is 3. The van der Waals surface area contributed by atoms with Crippen LogP contribution in [-0.4, -0.2) is 49.5 Å². The lowest BCUT2D eigenvalue weighted by Crippen LogP contribution is -2.25. The van der Waals surface area contributed by atoms with E-state index < -0.39 is 12.0 Å². The maximum Gasteiger partial charge on any atom is 0.453 e. The van der Waals surface area contributed by atoms with Crippen molar-refractivity contribution in [3.63, 3.8) is 0 Å². The maximum absolute atomic E-state index is 13.0. The predicted octanol–water partition coefficient (Wildman–Crippen LogP) is 2.64. The molecule has 0 N–H and O–H groups in total. The van der Waals surface area contributed by atoms with Gasteiger partial charge in [-0.3, -0.25) is 0 Å². The van der Waals surface area contributed by atoms with E-state index in [0.717, 1.165) is 56.1 Å². The Bertz CT molecular complexity index is 1100. The first-order valence-electron chi connectivity index (χ1n) is 9.92. The quantitative estimate of drug-likeness (QED) is 0.643. The van der Waals surface area contributed by atoms with E-state index in [0.29, 0.717) is 11.1 Å². The molecule has 3 aromatic rings. The molecule has 2 aliphatic rings. The van der Waals surface area contributed by atoms with E-state index in [4.69, 9.17) is 4.74 Å². The molecule has 1 atom stereocenters. The van der Waals surface area contributed by atoms with Crippen molar-refractivity contribution < 1.29 is 17.9 Å². The van der Waals surface area contributed by atoms with Crippen molar-refractivity contribution in [2.24, 2.45) is 5.92 Å². The van der Waals surface area contributed by atoms with E-state index in [-0.39, 0.29) is 17.4 Å². The number of aryl methyl sites for hydroxylation is 2. The Morgan fingerprint density at radius 2 is 2.03 bits per heavy atom. The van der Waals surface area contributed by atoms with Crippen molar-refractivity contribution in [1.29, 1.82) is 0 Å². The molecule has 11 heteroatoms. The highest BCUT2D eigenvalue weighted by atomic mass is 19.4. The van der Waals surface area contributed by atoms with Crippen LogP contribution in [0, 0.1) is 12.8 Å². The average Bonchev–Trinajstić information content (AvgIpc) is 3.43. The summed E-state index contributed by atoms with van der Waals surface area (Å²) in [5, 5.41) is 10.6. The summed E-state index contributed by atoms with van der Waals surface area (Å²) in [7, 11) is 0. The minimum atomic E-state index is -4.63. The van der Waals surface area contributed by atoms with Gasteiger partial charge in [0.25, 0.3) is 5.82 Å². The van der Waals surface area contributed by atoms with Gasteiger partial charge in [-0.05, 0) is 38.7 Å². The number of hydrogen-bond acceptors (Lipinski definition) is 7. The molecule has 5 rings (SSSR count). The summed E-state index contributed by atoms with van der Waals surface area (Å²) in [5.74, 6) is 0.999. The molecule has 1 unspecified atom stereocenters. The molecule has 30 heavy (non-hydrogen) atoms. The predicted molar refractivity (Wildman–Crippen MR) is 100 cm³/mol. The maximum atomic E-state index is 13.0. The molecule has 1 saturated heterocycles. The van der Waals surface area contributed by atoms with Crippen LogP contribution in [0.15, 0.2) is 12.1 Å². The van der Waals surface area contributed by atoms with Gasteiger partial charge in [-0.25, -0.2) is 9.97 Å². The zero-order chi connectivity index (χ0) is 20.9. The fourth-order valence-electron chi connectivity index (χ4n) is 4.18. The number of hydrogen-bond donors (Lipinski definition) is 0. The van der Waals surface area contributed by atoms with E-state index in [1.165, 1.54) is 17.7 Å². The van der Waals surface area contributed by atoms with Crippen LogP contribution >= 0.6 is 0 Å². The van der Waals surface area contributed by atoms with E-state index >= 15 is 0 Å². The van der Waals surface area contributed by atoms with Gasteiger partial charge in [0.05, 0.1) is 6.61 Å². The van der Waals surface area contributed by atoms with Crippen LogP contribution < -0.4 is 9.64 Å². The molecule has 1 aliphatic carbocycles. The lowest BCUT2D eigenvalue weighted by atomic mass is 10.1. The summed E-state index contributed by atoms with van der Waals surface area (Å²) < 4.78 is 45.5. The molecule has 0 saturated carbocycles. The minimum absolute atomic E-state index is 0.0229. The van der Waals surface area contributed by atoms with Gasteiger partial charge < -0.3 is 9.64 Å². The fraction of sp³-hybridized carbons (Fsp3) is 0.526. The summed E-state index contributed by atoms with van der Waals surface area (Å²) in [5.41, 5.74) is 2.43. The third-order valence-electron chi connectivity index (χ3n) is 5.57. The van der Waals surface area contributed by atoms with Gasteiger partial charge in [0.2, 0.25) is 5.88 Å². The number of anilines is 1. The van der Waals surface area contributed by atoms with E-state index in [1.807, 2.05) is 6.92 Å². The number of halogens is 3. The second-order valence-corrected chi connectivity index (χ2v) is 7.75. The van der Waals surface area contributed by atoms with Crippen molar-refractivity contribution in [2.45, 2.75) is 38.8 Å². The number of rotatable bonds is 4. The second-order valence-electron chi connectivity index (χ2n) is 7.75. The van der Waals surface area contributed by atoms with Crippen molar-refractivity contribution in [3.8, 4) is 5.88 Å². The summed E-state index contributed by atoms with van der Waals surface area (Å²) in [4.78, 5) is 11.5. The van der Waals surface area contributed by atoms with Crippen LogP contribution in [-0.2, 0) is 19.0 Å². The Labute approximate surface area is 170 Å². The smallest absolute Gasteiger partial charge is 0.453 e. The van der Waals surface area contributed by atoms with Crippen molar-refractivity contribution in [3.05, 3.63) is 35.0 Å². The highest BCUT2D eigenvalue weighted by Gasteiger charge is 2.38. The molecule has 4 heterocycles. The number of nitrogens with zero attached hydrogens (tertiary/aromatic N) is 7. The van der Waals surface area contributed by atoms with Crippen LogP contribution in [0.5, 0.6) is 5.88 Å². The van der Waals surface area contributed by atoms with Gasteiger partial charge in [0.15, 0.2) is 5.65 Å². The number of fused-ring (bicyclic) bond motifs is 2. The summed E-state index contributed by atoms with van der Waals surface area (Å²) >= 11 is 0. The Kier molecular flexibility index (Phi) is 4.48. The first kappa shape index (κ1) is 19.0. The third-order valence-corrected chi connectivity index (χ3v) is 5.57. The fourth-order valence-corrected chi connectivity index (χ4v) is 4.18. The monoisotopic (exact) mass is 419 g/mol. The molecular formula is C19H20F3N7O. The van der Waals surface area contributed by atoms with Gasteiger partial charge >= 0.3 is 6.18 Å². The van der Waals surface area contributed by atoms with E-state index in [2.05, 4.69) is 30.2 Å². The summed E-state index contributed by atoms with van der Waals surface area (Å²) in [6.45, 7) is 3.93. The first-order valence-corrected chi connectivity index (χ1v) is 9.92. The van der Waals surface area contributed by atoms with E-state index in [9.17, 15) is 13.2 Å². The van der Waals surface area contributed by atoms with Crippen molar-refractivity contribution in [2.75, 3.05) is 24.6 Å². The van der Waals surface area contributed by atoms with Crippen LogP contribution in [0.4, 0.5) is 19.0 Å². The lowest BCUT2D eigenvalue weighted by Gasteiger charge is -2.21. The van der Waals surface area contributed by atoms with Gasteiger partial charge in [-0.1, -0.05) is 0 Å².